The van der Waals surface area contributed by atoms with Crippen LogP contribution in [0.5, 0.6) is 0 Å². The number of likely N-dealkylation sites (tertiary alicyclic amines) is 1. The maximum Gasteiger partial charge on any atom is 0.194 e. The first-order valence-electron chi connectivity index (χ1n) is 18.3. The van der Waals surface area contributed by atoms with E-state index in [1.165, 1.54) is 43.4 Å². The Morgan fingerprint density at radius 2 is 1.53 bits per heavy atom. The molecule has 1 aromatic carbocycles. The minimum absolute atomic E-state index is 0.140. The molecule has 9 heteroatoms. The predicted molar refractivity (Wildman–Crippen MR) is 206 cm³/mol. The smallest absolute Gasteiger partial charge is 0.194 e. The topological polar surface area (TPSA) is 99.0 Å². The zero-order valence-corrected chi connectivity index (χ0v) is 32.6. The summed E-state index contributed by atoms with van der Waals surface area (Å²) in [6.07, 6.45) is 11.2. The van der Waals surface area contributed by atoms with Gasteiger partial charge in [-0.25, -0.2) is 9.97 Å². The molecule has 8 nitrogen and oxygen atoms in total. The van der Waals surface area contributed by atoms with Gasteiger partial charge in [0.1, 0.15) is 5.82 Å². The third-order valence-electron chi connectivity index (χ3n) is 8.02. The van der Waals surface area contributed by atoms with Gasteiger partial charge >= 0.3 is 0 Å². The molecule has 3 aromatic rings. The fraction of sp³-hybridized carbons (Fsp3) is 0.658. The number of benzene rings is 1. The van der Waals surface area contributed by atoms with Crippen LogP contribution in [0.2, 0.25) is 0 Å². The molecule has 1 aliphatic heterocycles. The zero-order chi connectivity index (χ0) is 35.2. The largest absolute Gasteiger partial charge is 0.399 e. The van der Waals surface area contributed by atoms with Crippen molar-refractivity contribution in [3.63, 3.8) is 0 Å². The van der Waals surface area contributed by atoms with Crippen molar-refractivity contribution in [2.75, 3.05) is 51.3 Å². The molecule has 47 heavy (non-hydrogen) atoms. The molecule has 4 N–H and O–H groups in total. The Morgan fingerprint density at radius 3 is 2.04 bits per heavy atom. The van der Waals surface area contributed by atoms with Crippen LogP contribution in [0.4, 0.5) is 17.3 Å². The van der Waals surface area contributed by atoms with Gasteiger partial charge in [-0.15, -0.1) is 0 Å². The van der Waals surface area contributed by atoms with E-state index in [2.05, 4.69) is 67.1 Å². The van der Waals surface area contributed by atoms with Crippen LogP contribution < -0.4 is 11.1 Å². The van der Waals surface area contributed by atoms with Gasteiger partial charge in [-0.1, -0.05) is 87.5 Å². The maximum atomic E-state index is 5.88. The number of nitrogens with zero attached hydrogens (tertiary/aromatic N) is 5. The van der Waals surface area contributed by atoms with Gasteiger partial charge in [0.2, 0.25) is 0 Å². The molecule has 3 heterocycles. The fourth-order valence-corrected chi connectivity index (χ4v) is 6.30. The average molecular weight is 669 g/mol. The van der Waals surface area contributed by atoms with E-state index in [0.29, 0.717) is 0 Å². The summed E-state index contributed by atoms with van der Waals surface area (Å²) in [5.41, 5.74) is 10.3. The molecule has 2 aliphatic rings. The Labute approximate surface area is 292 Å². The number of aromatic nitrogens is 4. The van der Waals surface area contributed by atoms with E-state index in [4.69, 9.17) is 15.7 Å². The number of anilines is 3. The second kappa shape index (κ2) is 23.7. The van der Waals surface area contributed by atoms with Crippen molar-refractivity contribution in [1.82, 2.24) is 30.0 Å². The number of rotatable bonds is 10. The lowest BCUT2D eigenvalue weighted by Gasteiger charge is -2.39. The molecule has 0 atom stereocenters. The van der Waals surface area contributed by atoms with E-state index in [1.807, 2.05) is 65.0 Å². The van der Waals surface area contributed by atoms with Gasteiger partial charge in [-0.3, -0.25) is 5.10 Å². The fourth-order valence-electron chi connectivity index (χ4n) is 5.55. The molecule has 0 unspecified atom stereocenters. The lowest BCUT2D eigenvalue weighted by atomic mass is 9.76. The van der Waals surface area contributed by atoms with Crippen molar-refractivity contribution in [2.24, 2.45) is 0 Å². The Balaban J connectivity index is 0.000000737. The number of H-pyrrole nitrogens is 1. The number of hydrogen-bond donors (Lipinski definition) is 3. The molecule has 1 aliphatic carbocycles. The van der Waals surface area contributed by atoms with E-state index >= 15 is 0 Å². The highest BCUT2D eigenvalue weighted by molar-refractivity contribution is 7.99. The van der Waals surface area contributed by atoms with Crippen LogP contribution in [0, 0.1) is 6.92 Å². The number of nitrogens with one attached hydrogen (secondary N) is 2. The SMILES string of the molecule is CC.CC.CCC.CCCCCC.Cc1cc(Nc2nc(Sc3ccc(N)cc3)nc3c2CCC32CCN(CCN(C)C)CC2)n[nH]1. The van der Waals surface area contributed by atoms with Gasteiger partial charge in [-0.05, 0) is 95.8 Å². The van der Waals surface area contributed by atoms with Gasteiger partial charge < -0.3 is 20.9 Å². The molecule has 2 aromatic heterocycles. The average Bonchev–Trinajstić information content (AvgIpc) is 3.66. The Hall–Kier alpha value is -2.62. The Bertz CT molecular complexity index is 1210. The monoisotopic (exact) mass is 669 g/mol. The molecule has 1 saturated heterocycles. The number of hydrogen-bond acceptors (Lipinski definition) is 8. The highest BCUT2D eigenvalue weighted by Crippen LogP contribution is 2.48. The molecule has 0 amide bonds. The van der Waals surface area contributed by atoms with Gasteiger partial charge in [0, 0.05) is 46.4 Å². The van der Waals surface area contributed by atoms with E-state index in [-0.39, 0.29) is 5.41 Å². The highest BCUT2D eigenvalue weighted by Gasteiger charge is 2.44. The van der Waals surface area contributed by atoms with Crippen LogP contribution >= 0.6 is 11.8 Å². The van der Waals surface area contributed by atoms with Crippen molar-refractivity contribution in [2.45, 2.75) is 136 Å². The van der Waals surface area contributed by atoms with Gasteiger partial charge in [-0.2, -0.15) is 5.10 Å². The number of unbranched alkanes of at least 4 members (excludes halogenated alkanes) is 3. The molecule has 0 radical (unpaired) electrons. The van der Waals surface area contributed by atoms with E-state index in [9.17, 15) is 0 Å². The van der Waals surface area contributed by atoms with Gasteiger partial charge in [0.15, 0.2) is 11.0 Å². The summed E-state index contributed by atoms with van der Waals surface area (Å²) in [5, 5.41) is 11.7. The summed E-state index contributed by atoms with van der Waals surface area (Å²) in [4.78, 5) is 16.1. The predicted octanol–water partition coefficient (Wildman–Crippen LogP) is 9.88. The second-order valence-electron chi connectivity index (χ2n) is 12.3. The molecule has 0 bridgehead atoms. The molecular formula is C38H68N8S. The lowest BCUT2D eigenvalue weighted by molar-refractivity contribution is 0.146. The molecule has 266 valence electrons. The number of aryl methyl sites for hydroxylation is 1. The summed E-state index contributed by atoms with van der Waals surface area (Å²) in [6, 6.07) is 9.91. The van der Waals surface area contributed by atoms with Crippen molar-refractivity contribution >= 4 is 29.1 Å². The Kier molecular flexibility index (Phi) is 21.3. The van der Waals surface area contributed by atoms with Crippen LogP contribution in [-0.4, -0.2) is 70.2 Å². The van der Waals surface area contributed by atoms with Crippen molar-refractivity contribution < 1.29 is 0 Å². The van der Waals surface area contributed by atoms with Crippen LogP contribution in [-0.2, 0) is 11.8 Å². The lowest BCUT2D eigenvalue weighted by Crippen LogP contribution is -2.44. The van der Waals surface area contributed by atoms with Crippen LogP contribution in [0.3, 0.4) is 0 Å². The number of fused-ring (bicyclic) bond motifs is 2. The quantitative estimate of drug-likeness (QED) is 0.112. The van der Waals surface area contributed by atoms with E-state index < -0.39 is 0 Å². The molecule has 1 spiro atoms. The molecular weight excluding hydrogens is 601 g/mol. The first-order chi connectivity index (χ1) is 22.7. The van der Waals surface area contributed by atoms with Crippen molar-refractivity contribution in [1.29, 1.82) is 0 Å². The number of piperidine rings is 1. The number of nitrogens with two attached hydrogens (primary N) is 1. The van der Waals surface area contributed by atoms with Crippen LogP contribution in [0.1, 0.15) is 124 Å². The van der Waals surface area contributed by atoms with E-state index in [0.717, 1.165) is 84.9 Å². The van der Waals surface area contributed by atoms with E-state index in [1.54, 1.807) is 11.8 Å². The van der Waals surface area contributed by atoms with Gasteiger partial charge in [0.05, 0.1) is 5.69 Å². The summed E-state index contributed by atoms with van der Waals surface area (Å²) in [5.74, 6) is 1.68. The summed E-state index contributed by atoms with van der Waals surface area (Å²) >= 11 is 1.59. The number of nitrogen functional groups attached to an aromatic ring is 1. The standard InChI is InChI=1S/C25H34N8S.C6H14.C3H8.2C2H6/c1-17-16-21(31-30-17)27-23-20-8-9-25(10-12-33(13-11-25)15-14-32(2)3)22(20)28-24(29-23)34-19-6-4-18(26)5-7-19;1-3-5-6-4-2;1-3-2;2*1-2/h4-7,16H,8-15,26H2,1-3H3,(H2,27,28,29,30,31);3-6H2,1-2H3;3H2,1-2H3;2*1-2H3. The summed E-state index contributed by atoms with van der Waals surface area (Å²) < 4.78 is 0. The first kappa shape index (κ1) is 42.4. The third kappa shape index (κ3) is 14.2. The minimum atomic E-state index is 0.140. The van der Waals surface area contributed by atoms with Gasteiger partial charge in [0.25, 0.3) is 0 Å². The molecule has 5 rings (SSSR count). The molecule has 1 fully saturated rings. The van der Waals surface area contributed by atoms with Crippen LogP contribution in [0.15, 0.2) is 40.4 Å². The Morgan fingerprint density at radius 1 is 0.936 bits per heavy atom. The third-order valence-corrected chi connectivity index (χ3v) is 8.89. The first-order valence-corrected chi connectivity index (χ1v) is 19.2. The summed E-state index contributed by atoms with van der Waals surface area (Å²) in [7, 11) is 4.29. The van der Waals surface area contributed by atoms with Crippen molar-refractivity contribution in [3.8, 4) is 0 Å². The molecule has 0 saturated carbocycles. The minimum Gasteiger partial charge on any atom is -0.399 e. The highest BCUT2D eigenvalue weighted by atomic mass is 32.2. The zero-order valence-electron chi connectivity index (χ0n) is 31.8. The number of likely N-dealkylation sites (N-methyl/N-ethyl adjacent to an activating group) is 1. The number of aromatic amines is 1. The summed E-state index contributed by atoms with van der Waals surface area (Å²) in [6.45, 7) is 23.2. The van der Waals surface area contributed by atoms with Crippen LogP contribution in [0.25, 0.3) is 0 Å². The maximum absolute atomic E-state index is 5.88. The van der Waals surface area contributed by atoms with Crippen molar-refractivity contribution in [3.05, 3.63) is 47.3 Å². The normalized spacial score (nSPS) is 14.4. The second-order valence-corrected chi connectivity index (χ2v) is 13.3.